The molecule has 0 unspecified atom stereocenters. The third-order valence-corrected chi connectivity index (χ3v) is 3.90. The first-order valence-electron chi connectivity index (χ1n) is 5.95. The number of ether oxygens (including phenoxy) is 1. The molecule has 0 heterocycles. The molecule has 1 aromatic rings. The van der Waals surface area contributed by atoms with Crippen LogP contribution in [0.5, 0.6) is 0 Å². The van der Waals surface area contributed by atoms with Gasteiger partial charge in [0.1, 0.15) is 5.54 Å². The third-order valence-electron chi connectivity index (χ3n) is 3.21. The topological polar surface area (TPSA) is 58.6 Å². The van der Waals surface area contributed by atoms with Crippen LogP contribution in [-0.4, -0.2) is 29.3 Å². The summed E-state index contributed by atoms with van der Waals surface area (Å²) in [6.07, 6.45) is 1.04. The predicted molar refractivity (Wildman–Crippen MR) is 72.8 cm³/mol. The maximum absolute atomic E-state index is 11.4. The Balaban J connectivity index is 2.10. The van der Waals surface area contributed by atoms with Gasteiger partial charge in [-0.25, -0.2) is 4.79 Å². The second-order valence-corrected chi connectivity index (χ2v) is 5.33. The molecular weight excluding hydrogens is 298 g/mol. The number of nitrogens with one attached hydrogen (secondary N) is 1. The molecule has 1 aliphatic carbocycles. The van der Waals surface area contributed by atoms with Gasteiger partial charge in [-0.3, -0.25) is 0 Å². The molecule has 1 fully saturated rings. The zero-order valence-electron chi connectivity index (χ0n) is 10.1. The molecule has 0 saturated heterocycles. The Labute approximate surface area is 114 Å². The van der Waals surface area contributed by atoms with Gasteiger partial charge in [0.25, 0.3) is 0 Å². The molecule has 4 nitrogen and oxygen atoms in total. The van der Waals surface area contributed by atoms with E-state index in [1.54, 1.807) is 0 Å². The van der Waals surface area contributed by atoms with E-state index in [1.807, 2.05) is 31.2 Å². The summed E-state index contributed by atoms with van der Waals surface area (Å²) in [5, 5.41) is 12.5. The molecule has 1 aliphatic rings. The number of carboxylic acid groups (broad SMARTS) is 1. The monoisotopic (exact) mass is 313 g/mol. The van der Waals surface area contributed by atoms with Gasteiger partial charge in [0, 0.05) is 29.6 Å². The summed E-state index contributed by atoms with van der Waals surface area (Å²) in [6.45, 7) is 2.54. The third kappa shape index (κ3) is 2.52. The van der Waals surface area contributed by atoms with Crippen molar-refractivity contribution in [2.45, 2.75) is 31.4 Å². The molecule has 1 saturated carbocycles. The average Bonchev–Trinajstić information content (AvgIpc) is 2.28. The number of halogens is 1. The highest BCUT2D eigenvalue weighted by Crippen LogP contribution is 2.39. The lowest BCUT2D eigenvalue weighted by Crippen LogP contribution is -2.59. The number of anilines is 1. The molecule has 18 heavy (non-hydrogen) atoms. The van der Waals surface area contributed by atoms with E-state index in [0.29, 0.717) is 19.4 Å². The summed E-state index contributed by atoms with van der Waals surface area (Å²) in [5.41, 5.74) is -0.0983. The lowest BCUT2D eigenvalue weighted by atomic mass is 9.74. The van der Waals surface area contributed by atoms with Crippen molar-refractivity contribution in [3.63, 3.8) is 0 Å². The molecule has 0 aliphatic heterocycles. The zero-order valence-corrected chi connectivity index (χ0v) is 11.7. The van der Waals surface area contributed by atoms with Crippen molar-refractivity contribution < 1.29 is 14.6 Å². The van der Waals surface area contributed by atoms with Crippen LogP contribution in [0.25, 0.3) is 0 Å². The van der Waals surface area contributed by atoms with Gasteiger partial charge < -0.3 is 15.2 Å². The van der Waals surface area contributed by atoms with E-state index in [-0.39, 0.29) is 6.10 Å². The van der Waals surface area contributed by atoms with Crippen LogP contribution < -0.4 is 5.32 Å². The summed E-state index contributed by atoms with van der Waals surface area (Å²) in [4.78, 5) is 11.4. The number of hydrogen-bond acceptors (Lipinski definition) is 3. The number of rotatable bonds is 5. The van der Waals surface area contributed by atoms with Crippen molar-refractivity contribution >= 4 is 27.6 Å². The largest absolute Gasteiger partial charge is 0.480 e. The Bertz CT molecular complexity index is 444. The van der Waals surface area contributed by atoms with E-state index < -0.39 is 11.5 Å². The summed E-state index contributed by atoms with van der Waals surface area (Å²) >= 11 is 3.41. The normalized spacial score (nSPS) is 26.4. The molecular formula is C13H16BrNO3. The molecule has 2 N–H and O–H groups in total. The SMILES string of the molecule is CCOC1CC(Nc2ccccc2Br)(C(=O)O)C1. The van der Waals surface area contributed by atoms with Gasteiger partial charge in [-0.2, -0.15) is 0 Å². The lowest BCUT2D eigenvalue weighted by molar-refractivity contribution is -0.152. The molecule has 1 aromatic carbocycles. The van der Waals surface area contributed by atoms with Gasteiger partial charge in [-0.15, -0.1) is 0 Å². The standard InChI is InChI=1S/C13H16BrNO3/c1-2-18-9-7-13(8-9,12(16)17)15-11-6-4-3-5-10(11)14/h3-6,9,15H,2,7-8H2,1H3,(H,16,17). The Morgan fingerprint density at radius 1 is 1.56 bits per heavy atom. The molecule has 2 rings (SSSR count). The van der Waals surface area contributed by atoms with Crippen molar-refractivity contribution in [3.8, 4) is 0 Å². The van der Waals surface area contributed by atoms with Gasteiger partial charge in [0.15, 0.2) is 0 Å². The fourth-order valence-corrected chi connectivity index (χ4v) is 2.61. The molecule has 0 amide bonds. The van der Waals surface area contributed by atoms with Crippen molar-refractivity contribution in [1.82, 2.24) is 0 Å². The molecule has 0 radical (unpaired) electrons. The smallest absolute Gasteiger partial charge is 0.329 e. The van der Waals surface area contributed by atoms with Crippen molar-refractivity contribution in [2.24, 2.45) is 0 Å². The molecule has 0 atom stereocenters. The van der Waals surface area contributed by atoms with Crippen molar-refractivity contribution in [2.75, 3.05) is 11.9 Å². The molecule has 98 valence electrons. The quantitative estimate of drug-likeness (QED) is 0.877. The van der Waals surface area contributed by atoms with Crippen molar-refractivity contribution in [3.05, 3.63) is 28.7 Å². The minimum Gasteiger partial charge on any atom is -0.480 e. The first-order chi connectivity index (χ1) is 8.57. The average molecular weight is 314 g/mol. The van der Waals surface area contributed by atoms with Crippen LogP contribution in [0.2, 0.25) is 0 Å². The van der Waals surface area contributed by atoms with Crippen LogP contribution in [-0.2, 0) is 9.53 Å². The maximum atomic E-state index is 11.4. The van der Waals surface area contributed by atoms with E-state index in [2.05, 4.69) is 21.2 Å². The number of carbonyl (C=O) groups is 1. The molecule has 5 heteroatoms. The van der Waals surface area contributed by atoms with Gasteiger partial charge in [0.05, 0.1) is 6.10 Å². The minimum atomic E-state index is -0.899. The van der Waals surface area contributed by atoms with Crippen LogP contribution in [0.4, 0.5) is 5.69 Å². The van der Waals surface area contributed by atoms with Crippen LogP contribution in [0.1, 0.15) is 19.8 Å². The van der Waals surface area contributed by atoms with Crippen LogP contribution in [0.15, 0.2) is 28.7 Å². The van der Waals surface area contributed by atoms with E-state index in [9.17, 15) is 9.90 Å². The Morgan fingerprint density at radius 3 is 2.78 bits per heavy atom. The van der Waals surface area contributed by atoms with Gasteiger partial charge in [-0.05, 0) is 35.0 Å². The maximum Gasteiger partial charge on any atom is 0.329 e. The highest BCUT2D eigenvalue weighted by Gasteiger charge is 2.51. The number of carboxylic acids is 1. The Morgan fingerprint density at radius 2 is 2.22 bits per heavy atom. The highest BCUT2D eigenvalue weighted by molar-refractivity contribution is 9.10. The second kappa shape index (κ2) is 5.28. The second-order valence-electron chi connectivity index (χ2n) is 4.48. The Hall–Kier alpha value is -1.07. The molecule has 0 aromatic heterocycles. The summed E-state index contributed by atoms with van der Waals surface area (Å²) in [5.74, 6) is -0.825. The fraction of sp³-hybridized carbons (Fsp3) is 0.462. The number of benzene rings is 1. The number of para-hydroxylation sites is 1. The van der Waals surface area contributed by atoms with Crippen LogP contribution >= 0.6 is 15.9 Å². The summed E-state index contributed by atoms with van der Waals surface area (Å²) in [7, 11) is 0. The van der Waals surface area contributed by atoms with Gasteiger partial charge in [0.2, 0.25) is 0 Å². The summed E-state index contributed by atoms with van der Waals surface area (Å²) < 4.78 is 6.30. The number of hydrogen-bond donors (Lipinski definition) is 2. The summed E-state index contributed by atoms with van der Waals surface area (Å²) in [6, 6.07) is 7.52. The fourth-order valence-electron chi connectivity index (χ4n) is 2.22. The van der Waals surface area contributed by atoms with Crippen molar-refractivity contribution in [1.29, 1.82) is 0 Å². The van der Waals surface area contributed by atoms with E-state index in [1.165, 1.54) is 0 Å². The van der Waals surface area contributed by atoms with E-state index in [4.69, 9.17) is 4.74 Å². The van der Waals surface area contributed by atoms with Crippen LogP contribution in [0.3, 0.4) is 0 Å². The Kier molecular flexibility index (Phi) is 3.92. The molecule has 0 bridgehead atoms. The first kappa shape index (κ1) is 13.4. The van der Waals surface area contributed by atoms with E-state index >= 15 is 0 Å². The minimum absolute atomic E-state index is 0.0427. The van der Waals surface area contributed by atoms with E-state index in [0.717, 1.165) is 10.2 Å². The lowest BCUT2D eigenvalue weighted by Gasteiger charge is -2.45. The predicted octanol–water partition coefficient (Wildman–Crippen LogP) is 2.88. The molecule has 0 spiro atoms. The zero-order chi connectivity index (χ0) is 13.2. The first-order valence-corrected chi connectivity index (χ1v) is 6.74. The number of aliphatic carboxylic acids is 1. The van der Waals surface area contributed by atoms with Gasteiger partial charge in [-0.1, -0.05) is 12.1 Å². The van der Waals surface area contributed by atoms with Gasteiger partial charge >= 0.3 is 5.97 Å². The van der Waals surface area contributed by atoms with Crippen LogP contribution in [0, 0.1) is 0 Å². The highest BCUT2D eigenvalue weighted by atomic mass is 79.9.